The molecule has 0 aliphatic carbocycles. The number of nitrogens with zero attached hydrogens (tertiary/aromatic N) is 1. The molecule has 1 fully saturated rings. The van der Waals surface area contributed by atoms with Crippen LogP contribution in [-0.4, -0.2) is 46.5 Å². The number of hydrogen-bond acceptors (Lipinski definition) is 6. The highest BCUT2D eigenvalue weighted by Crippen LogP contribution is 2.36. The maximum atomic E-state index is 11.5. The van der Waals surface area contributed by atoms with E-state index in [1.807, 2.05) is 41.1 Å². The smallest absolute Gasteiger partial charge is 0.303 e. The third kappa shape index (κ3) is 3.00. The molecule has 128 valence electrons. The van der Waals surface area contributed by atoms with Crippen LogP contribution >= 0.6 is 0 Å². The quantitative estimate of drug-likeness (QED) is 0.851. The first-order chi connectivity index (χ1) is 11.5. The highest BCUT2D eigenvalue weighted by atomic mass is 16.6. The van der Waals surface area contributed by atoms with E-state index in [0.29, 0.717) is 0 Å². The molecule has 1 aliphatic rings. The molecule has 1 aliphatic heterocycles. The molecule has 7 nitrogen and oxygen atoms in total. The zero-order chi connectivity index (χ0) is 17.3. The summed E-state index contributed by atoms with van der Waals surface area (Å²) in [7, 11) is 0. The molecule has 0 bridgehead atoms. The molecule has 4 atom stereocenters. The highest BCUT2D eigenvalue weighted by Gasteiger charge is 2.49. The minimum absolute atomic E-state index is 0.356. The highest BCUT2D eigenvalue weighted by molar-refractivity contribution is 5.80. The second-order valence-corrected chi connectivity index (χ2v) is 5.68. The van der Waals surface area contributed by atoms with Gasteiger partial charge >= 0.3 is 11.9 Å². The SMILES string of the molecule is CC(=O)O[C@@H]1[C@H](OC(C)=O)[C@@H](CO)O[C@H]1n1ccc2ccccc21. The van der Waals surface area contributed by atoms with E-state index >= 15 is 0 Å². The zero-order valence-electron chi connectivity index (χ0n) is 13.4. The Morgan fingerprint density at radius 1 is 1.12 bits per heavy atom. The maximum Gasteiger partial charge on any atom is 0.303 e. The van der Waals surface area contributed by atoms with E-state index < -0.39 is 36.5 Å². The van der Waals surface area contributed by atoms with Crippen molar-refractivity contribution in [1.29, 1.82) is 0 Å². The second-order valence-electron chi connectivity index (χ2n) is 5.68. The van der Waals surface area contributed by atoms with Gasteiger partial charge in [-0.2, -0.15) is 0 Å². The summed E-state index contributed by atoms with van der Waals surface area (Å²) in [6.45, 7) is 2.19. The van der Waals surface area contributed by atoms with Crippen molar-refractivity contribution in [2.45, 2.75) is 38.4 Å². The predicted molar refractivity (Wildman–Crippen MR) is 84.0 cm³/mol. The molecule has 2 aromatic rings. The predicted octanol–water partition coefficient (Wildman–Crippen LogP) is 1.39. The number of para-hydroxylation sites is 1. The van der Waals surface area contributed by atoms with Crippen molar-refractivity contribution in [3.05, 3.63) is 36.5 Å². The lowest BCUT2D eigenvalue weighted by Crippen LogP contribution is -2.39. The van der Waals surface area contributed by atoms with E-state index in [9.17, 15) is 14.7 Å². The summed E-state index contributed by atoms with van der Waals surface area (Å²) >= 11 is 0. The average Bonchev–Trinajstić information content (AvgIpc) is 3.09. The normalized spacial score (nSPS) is 26.5. The lowest BCUT2D eigenvalue weighted by Gasteiger charge is -2.24. The number of esters is 2. The molecule has 0 spiro atoms. The van der Waals surface area contributed by atoms with Crippen LogP contribution < -0.4 is 0 Å². The fourth-order valence-electron chi connectivity index (χ4n) is 3.06. The molecule has 0 amide bonds. The molecule has 7 heteroatoms. The van der Waals surface area contributed by atoms with E-state index in [1.165, 1.54) is 13.8 Å². The van der Waals surface area contributed by atoms with Crippen LogP contribution in [0, 0.1) is 0 Å². The van der Waals surface area contributed by atoms with E-state index in [4.69, 9.17) is 14.2 Å². The minimum Gasteiger partial charge on any atom is -0.456 e. The standard InChI is InChI=1S/C17H19NO6/c1-10(20)22-15-14(9-19)24-17(16(15)23-11(2)21)18-8-7-12-5-3-4-6-13(12)18/h3-8,14-17,19H,9H2,1-2H3/t14-,15-,16-,17-/m1/s1. The fourth-order valence-corrected chi connectivity index (χ4v) is 3.06. The number of aliphatic hydroxyl groups is 1. The first-order valence-corrected chi connectivity index (χ1v) is 7.67. The molecular weight excluding hydrogens is 314 g/mol. The van der Waals surface area contributed by atoms with Gasteiger partial charge in [-0.3, -0.25) is 9.59 Å². The Balaban J connectivity index is 2.01. The Morgan fingerprint density at radius 2 is 1.79 bits per heavy atom. The van der Waals surface area contributed by atoms with Gasteiger partial charge in [-0.1, -0.05) is 18.2 Å². The van der Waals surface area contributed by atoms with Gasteiger partial charge in [-0.05, 0) is 17.5 Å². The van der Waals surface area contributed by atoms with E-state index in [2.05, 4.69) is 0 Å². The van der Waals surface area contributed by atoms with Crippen molar-refractivity contribution in [1.82, 2.24) is 4.57 Å². The number of carbonyl (C=O) groups is 2. The summed E-state index contributed by atoms with van der Waals surface area (Å²) in [6, 6.07) is 9.59. The topological polar surface area (TPSA) is 87.0 Å². The first kappa shape index (κ1) is 16.5. The number of aliphatic hydroxyl groups excluding tert-OH is 1. The Labute approximate surface area is 138 Å². The van der Waals surface area contributed by atoms with Crippen LogP contribution in [0.1, 0.15) is 20.1 Å². The van der Waals surface area contributed by atoms with Gasteiger partial charge in [0.2, 0.25) is 0 Å². The van der Waals surface area contributed by atoms with Gasteiger partial charge in [0.05, 0.1) is 12.1 Å². The van der Waals surface area contributed by atoms with Crippen LogP contribution in [0.25, 0.3) is 10.9 Å². The van der Waals surface area contributed by atoms with Crippen LogP contribution in [0.4, 0.5) is 0 Å². The number of rotatable bonds is 4. The van der Waals surface area contributed by atoms with Crippen molar-refractivity contribution in [2.75, 3.05) is 6.61 Å². The van der Waals surface area contributed by atoms with Crippen LogP contribution in [-0.2, 0) is 23.8 Å². The summed E-state index contributed by atoms with van der Waals surface area (Å²) in [5, 5.41) is 10.6. The number of carbonyl (C=O) groups excluding carboxylic acids is 2. The molecular formula is C17H19NO6. The molecule has 0 radical (unpaired) electrons. The third-order valence-electron chi connectivity index (χ3n) is 3.97. The lowest BCUT2D eigenvalue weighted by atomic mass is 10.1. The van der Waals surface area contributed by atoms with Gasteiger partial charge in [-0.15, -0.1) is 0 Å². The van der Waals surface area contributed by atoms with Crippen molar-refractivity contribution in [2.24, 2.45) is 0 Å². The number of ether oxygens (including phenoxy) is 3. The molecule has 2 heterocycles. The Kier molecular flexibility index (Phi) is 4.55. The average molecular weight is 333 g/mol. The molecule has 3 rings (SSSR count). The van der Waals surface area contributed by atoms with Crippen LogP contribution in [0.5, 0.6) is 0 Å². The van der Waals surface area contributed by atoms with Crippen molar-refractivity contribution in [3.8, 4) is 0 Å². The van der Waals surface area contributed by atoms with Crippen LogP contribution in [0.3, 0.4) is 0 Å². The van der Waals surface area contributed by atoms with Gasteiger partial charge in [0.1, 0.15) is 6.10 Å². The molecule has 1 aromatic carbocycles. The zero-order valence-corrected chi connectivity index (χ0v) is 13.4. The number of fused-ring (bicyclic) bond motifs is 1. The Morgan fingerprint density at radius 3 is 2.46 bits per heavy atom. The van der Waals surface area contributed by atoms with Crippen molar-refractivity contribution < 1.29 is 28.9 Å². The molecule has 0 saturated carbocycles. The number of hydrogen-bond donors (Lipinski definition) is 1. The first-order valence-electron chi connectivity index (χ1n) is 7.67. The fraction of sp³-hybridized carbons (Fsp3) is 0.412. The van der Waals surface area contributed by atoms with Gasteiger partial charge in [0.25, 0.3) is 0 Å². The van der Waals surface area contributed by atoms with Crippen LogP contribution in [0.15, 0.2) is 36.5 Å². The van der Waals surface area contributed by atoms with E-state index in [0.717, 1.165) is 10.9 Å². The van der Waals surface area contributed by atoms with Gasteiger partial charge in [0.15, 0.2) is 18.4 Å². The summed E-state index contributed by atoms with van der Waals surface area (Å²) in [4.78, 5) is 22.9. The molecule has 1 saturated heterocycles. The second kappa shape index (κ2) is 6.62. The molecule has 24 heavy (non-hydrogen) atoms. The van der Waals surface area contributed by atoms with E-state index in [1.54, 1.807) is 0 Å². The maximum absolute atomic E-state index is 11.5. The third-order valence-corrected chi connectivity index (χ3v) is 3.97. The Hall–Kier alpha value is -2.38. The van der Waals surface area contributed by atoms with Crippen molar-refractivity contribution >= 4 is 22.8 Å². The van der Waals surface area contributed by atoms with Gasteiger partial charge < -0.3 is 23.9 Å². The monoisotopic (exact) mass is 333 g/mol. The lowest BCUT2D eigenvalue weighted by molar-refractivity contribution is -0.165. The Bertz CT molecular complexity index is 754. The molecule has 0 unspecified atom stereocenters. The summed E-state index contributed by atoms with van der Waals surface area (Å²) < 4.78 is 18.3. The summed E-state index contributed by atoms with van der Waals surface area (Å²) in [6.07, 6.45) is -1.38. The molecule has 1 aromatic heterocycles. The summed E-state index contributed by atoms with van der Waals surface area (Å²) in [5.74, 6) is -1.04. The van der Waals surface area contributed by atoms with Crippen LogP contribution in [0.2, 0.25) is 0 Å². The minimum atomic E-state index is -0.873. The van der Waals surface area contributed by atoms with E-state index in [-0.39, 0.29) is 6.61 Å². The van der Waals surface area contributed by atoms with Crippen molar-refractivity contribution in [3.63, 3.8) is 0 Å². The molecule has 1 N–H and O–H groups in total. The number of aromatic nitrogens is 1. The largest absolute Gasteiger partial charge is 0.456 e. The van der Waals surface area contributed by atoms with Gasteiger partial charge in [0, 0.05) is 20.0 Å². The van der Waals surface area contributed by atoms with Gasteiger partial charge in [-0.25, -0.2) is 0 Å². The number of benzene rings is 1. The summed E-state index contributed by atoms with van der Waals surface area (Å²) in [5.41, 5.74) is 0.889.